The second kappa shape index (κ2) is 26.6. The van der Waals surface area contributed by atoms with Crippen LogP contribution in [0.15, 0.2) is 145 Å². The molecule has 1 unspecified atom stereocenters. The molecule has 0 saturated carbocycles. The second-order valence-corrected chi connectivity index (χ2v) is 17.3. The number of H-pyrrole nitrogens is 2. The first-order chi connectivity index (χ1) is 34.5. The van der Waals surface area contributed by atoms with Crippen molar-refractivity contribution in [1.29, 1.82) is 0 Å². The molecule has 3 N–H and O–H groups in total. The van der Waals surface area contributed by atoms with Gasteiger partial charge in [-0.2, -0.15) is 43.0 Å². The van der Waals surface area contributed by atoms with E-state index in [0.717, 1.165) is 59.3 Å². The third-order valence-electron chi connectivity index (χ3n) is 10.9. The average molecular weight is 1130 g/mol. The Balaban J connectivity index is 0.000000235. The van der Waals surface area contributed by atoms with Crippen molar-refractivity contribution in [1.82, 2.24) is 44.5 Å². The van der Waals surface area contributed by atoms with E-state index in [9.17, 15) is 36.2 Å². The minimum Gasteiger partial charge on any atom is -1.00 e. The van der Waals surface area contributed by atoms with Gasteiger partial charge in [0.15, 0.2) is 5.65 Å². The molecule has 1 aliphatic rings. The summed E-state index contributed by atoms with van der Waals surface area (Å²) in [6, 6.07) is 28.7. The Hall–Kier alpha value is -5.04. The van der Waals surface area contributed by atoms with Crippen molar-refractivity contribution < 1.29 is 90.8 Å². The van der Waals surface area contributed by atoms with E-state index in [-0.39, 0.29) is 88.0 Å². The number of hydrogen-bond donors (Lipinski definition) is 3. The summed E-state index contributed by atoms with van der Waals surface area (Å²) in [5.41, 5.74) is -1.37. The molecule has 12 nitrogen and oxygen atoms in total. The molecule has 23 heteroatoms. The summed E-state index contributed by atoms with van der Waals surface area (Å²) in [5.74, 6) is -1.86. The first-order valence-electron chi connectivity index (χ1n) is 22.1. The van der Waals surface area contributed by atoms with Gasteiger partial charge in [0, 0.05) is 76.0 Å². The van der Waals surface area contributed by atoms with E-state index in [1.165, 1.54) is 66.8 Å². The van der Waals surface area contributed by atoms with Crippen LogP contribution < -0.4 is 48.4 Å². The van der Waals surface area contributed by atoms with Crippen molar-refractivity contribution in [2.24, 2.45) is 0 Å². The van der Waals surface area contributed by atoms with Crippen LogP contribution in [-0.4, -0.2) is 80.9 Å². The van der Waals surface area contributed by atoms with Crippen LogP contribution >= 0.6 is 39.1 Å². The number of Topliss-reactive ketones (excluding diaryl/α,β-unsaturated/α-hetero) is 1. The number of hydrogen-bond acceptors (Lipinski definition) is 8. The molecule has 1 fully saturated rings. The average Bonchev–Trinajstić information content (AvgIpc) is 4.26. The normalized spacial score (nSPS) is 12.9. The van der Waals surface area contributed by atoms with Crippen LogP contribution in [0, 0.1) is 6.92 Å². The molecule has 11 rings (SSSR count). The van der Waals surface area contributed by atoms with Crippen LogP contribution in [0.5, 0.6) is 0 Å². The van der Waals surface area contributed by atoms with E-state index in [0.29, 0.717) is 10.7 Å². The third-order valence-corrected chi connectivity index (χ3v) is 12.7. The number of fused-ring (bicyclic) bond motifs is 4. The van der Waals surface area contributed by atoms with Gasteiger partial charge in [-0.25, -0.2) is 24.3 Å². The largest absolute Gasteiger partial charge is 1.00 e. The Morgan fingerprint density at radius 1 is 0.730 bits per heavy atom. The molecule has 0 radical (unpaired) electrons. The zero-order valence-corrected chi connectivity index (χ0v) is 45.1. The van der Waals surface area contributed by atoms with E-state index in [4.69, 9.17) is 27.9 Å². The quantitative estimate of drug-likeness (QED) is 0.0656. The van der Waals surface area contributed by atoms with E-state index in [1.807, 2.05) is 53.2 Å². The fraction of sp³-hybridized carbons (Fsp3) is 0.196. The summed E-state index contributed by atoms with van der Waals surface area (Å²) in [4.78, 5) is 28.1. The minimum absolute atomic E-state index is 0. The van der Waals surface area contributed by atoms with Crippen molar-refractivity contribution in [3.63, 3.8) is 0 Å². The topological polar surface area (TPSA) is 152 Å². The van der Waals surface area contributed by atoms with Crippen molar-refractivity contribution in [2.45, 2.75) is 50.6 Å². The van der Waals surface area contributed by atoms with Crippen LogP contribution in [0.1, 0.15) is 55.5 Å². The van der Waals surface area contributed by atoms with Crippen molar-refractivity contribution in [2.75, 3.05) is 13.2 Å². The number of aromatic nitrogens is 9. The predicted molar refractivity (Wildman–Crippen MR) is 271 cm³/mol. The Kier molecular flexibility index (Phi) is 21.5. The van der Waals surface area contributed by atoms with Gasteiger partial charge in [0.1, 0.15) is 11.3 Å². The number of rotatable bonds is 6. The number of carbonyl (C=O) groups is 1. The molecule has 0 aliphatic carbocycles. The number of benzene rings is 3. The number of ketones is 1. The second-order valence-electron chi connectivity index (χ2n) is 15.7. The van der Waals surface area contributed by atoms with Gasteiger partial charge in [-0.3, -0.25) is 4.79 Å². The number of ether oxygens (including phenoxy) is 1. The summed E-state index contributed by atoms with van der Waals surface area (Å²) >= 11 is 16.1. The van der Waals surface area contributed by atoms with Gasteiger partial charge >= 0.3 is 60.8 Å². The first-order valence-corrected chi connectivity index (χ1v) is 23.6. The van der Waals surface area contributed by atoms with E-state index in [2.05, 4.69) is 64.9 Å². The predicted octanol–water partition coefficient (Wildman–Crippen LogP) is 8.04. The van der Waals surface area contributed by atoms with Gasteiger partial charge in [-0.05, 0) is 89.4 Å². The number of nitrogens with zero attached hydrogens (tertiary/aromatic N) is 7. The van der Waals surface area contributed by atoms with Crippen LogP contribution in [-0.2, 0) is 10.3 Å². The van der Waals surface area contributed by atoms with Crippen LogP contribution in [0.2, 0.25) is 10.0 Å². The first kappa shape index (κ1) is 59.8. The Bertz CT molecular complexity index is 3410. The van der Waals surface area contributed by atoms with Crippen LogP contribution in [0.25, 0.3) is 55.4 Å². The standard InChI is InChI=1S/C21H13ClF3N5O.C13H8BrClN2.C9H5F3N2O.C4H8O.C4H9.Li.Na.H/c22-17-14-9-29-30(12-5-2-1-3-6-12)19(14)28-11-16(17)20(31,21(23,24)25)15-10-27-18-13(15)7-4-8-26-18;14-11-6-7-12-10(13(11)15)8-16-17(12)9-4-2-1-3-5-9;10-9(11,12)7(15)6-4-14-8-5(6)2-1-3-13-8;1-2-4-5-3-1;1-3-4-2;;;/h1-11,31H,(H,26,27);1-8H;1-4H,(H,13,14);1-4H2;1,3-4H2,2H3;;;/q;;;;-1;2*+1;-1. The van der Waals surface area contributed by atoms with Crippen molar-refractivity contribution in [3.8, 4) is 11.4 Å². The summed E-state index contributed by atoms with van der Waals surface area (Å²) in [6.45, 7) is 7.72. The molecule has 74 heavy (non-hydrogen) atoms. The van der Waals surface area contributed by atoms with E-state index in [1.54, 1.807) is 30.5 Å². The van der Waals surface area contributed by atoms with Gasteiger partial charge in [0.05, 0.1) is 50.3 Å². The fourth-order valence-corrected chi connectivity index (χ4v) is 8.16. The molecule has 1 saturated heterocycles. The maximum absolute atomic E-state index is 14.3. The number of para-hydroxylation sites is 2. The molecule has 10 aromatic rings. The molecular weight excluding hydrogens is 1080 g/mol. The molecule has 3 aromatic carbocycles. The summed E-state index contributed by atoms with van der Waals surface area (Å²) in [7, 11) is 0. The Labute approximate surface area is 474 Å². The molecule has 0 bridgehead atoms. The molecule has 0 spiro atoms. The number of alkyl halides is 6. The number of aromatic amines is 2. The zero-order valence-electron chi connectivity index (χ0n) is 41.0. The number of halogens is 9. The molecule has 376 valence electrons. The molecule has 8 heterocycles. The smallest absolute Gasteiger partial charge is 1.00 e. The maximum Gasteiger partial charge on any atom is 1.00 e. The minimum atomic E-state index is -5.09. The van der Waals surface area contributed by atoms with Gasteiger partial charge < -0.3 is 28.2 Å². The zero-order chi connectivity index (χ0) is 51.6. The number of carbonyl (C=O) groups excluding carboxylic acids is 1. The van der Waals surface area contributed by atoms with Gasteiger partial charge in [-0.15, -0.1) is 0 Å². The fourth-order valence-electron chi connectivity index (χ4n) is 7.29. The van der Waals surface area contributed by atoms with Gasteiger partial charge in [0.25, 0.3) is 5.78 Å². The van der Waals surface area contributed by atoms with Crippen molar-refractivity contribution in [3.05, 3.63) is 179 Å². The molecule has 1 atom stereocenters. The van der Waals surface area contributed by atoms with Crippen LogP contribution in [0.4, 0.5) is 26.3 Å². The third kappa shape index (κ3) is 13.3. The van der Waals surface area contributed by atoms with Gasteiger partial charge in [-0.1, -0.05) is 72.9 Å². The molecular formula is C51H44BrCl2F6LiN9NaO3. The van der Waals surface area contributed by atoms with Crippen LogP contribution in [0.3, 0.4) is 0 Å². The number of unbranched alkanes of at least 4 members (excludes halogenated alkanes) is 1. The maximum atomic E-state index is 14.3. The van der Waals surface area contributed by atoms with Gasteiger partial charge in [0.2, 0.25) is 5.60 Å². The summed E-state index contributed by atoms with van der Waals surface area (Å²) in [6.07, 6.45) is 3.91. The summed E-state index contributed by atoms with van der Waals surface area (Å²) in [5, 5.41) is 21.6. The van der Waals surface area contributed by atoms with E-state index < -0.39 is 40.4 Å². The Morgan fingerprint density at radius 3 is 1.82 bits per heavy atom. The number of pyridine rings is 3. The van der Waals surface area contributed by atoms with Crippen molar-refractivity contribution >= 4 is 88.9 Å². The molecule has 1 aliphatic heterocycles. The SMILES string of the molecule is C1CCOC1.Clc1c(Br)ccc2c1cnn2-c1ccccc1.O=C(c1c[nH]c2ncccc12)C(F)(F)F.OC(c1cnc2c(cnn2-c2ccccc2)c1Cl)(c1c[nH]c2ncccc12)C(F)(F)F.[CH2-]CCC.[H-].[Li+].[Na+]. The number of nitrogens with one attached hydrogen (secondary N) is 2. The molecule has 7 aromatic heterocycles. The summed E-state index contributed by atoms with van der Waals surface area (Å²) < 4.78 is 88.7. The van der Waals surface area contributed by atoms with E-state index >= 15 is 0 Å². The number of aliphatic hydroxyl groups is 1. The monoisotopic (exact) mass is 1120 g/mol. The molecule has 0 amide bonds. The Morgan fingerprint density at radius 2 is 1.27 bits per heavy atom.